The Bertz CT molecular complexity index is 3730. The molecule has 0 aromatic heterocycles. The van der Waals surface area contributed by atoms with E-state index in [1.807, 2.05) is 24.3 Å². The SMILES string of the molecule is [C-]#[N+]C1=C(c2ccccc2)/C(=C(/C#N)c2cc([N+]#[C-])cc([N+]#[C-])c2)c2c1c(-c1ccc(C#N)cc1)c1c(c2-c2ccc(C#N)cc2)C(C#N)=C(c2ccccc2)/C1=C(/[N+]#[C-])c1cc(C#N)cc(C#N)c1. The third-order valence-electron chi connectivity index (χ3n) is 12.1. The average Bonchev–Trinajstić information content (AvgIpc) is 3.94. The lowest BCUT2D eigenvalue weighted by atomic mass is 9.78. The maximum atomic E-state index is 11.8. The van der Waals surface area contributed by atoms with E-state index in [1.165, 1.54) is 36.4 Å². The maximum Gasteiger partial charge on any atom is 0.203 e. The topological polar surface area (TPSA) is 160 Å². The minimum Gasteiger partial charge on any atom is -0.239 e. The van der Waals surface area contributed by atoms with Crippen LogP contribution in [0.3, 0.4) is 0 Å². The molecule has 9 rings (SSSR count). The average molecular weight is 885 g/mol. The molecule has 7 aromatic rings. The highest BCUT2D eigenvalue weighted by Crippen LogP contribution is 2.63. The summed E-state index contributed by atoms with van der Waals surface area (Å²) in [5.74, 6) is 0. The standard InChI is InChI=1S/C60H24N10/c1-67-45-26-43(27-46(28-45)68-2)47(33-65)53-52(40-13-9-6-10-14-40)60(70-4)58-51(42-21-17-36(30-62)18-22-42)56-54(50(55(53)58)41-19-15-35(29-61)16-20-41)48(34-66)49(39-11-7-5-8-12-39)57(56)59(69-3)44-24-37(31-63)23-38(25-44)32-64/h5-28H/b53-47+,59-57-. The van der Waals surface area contributed by atoms with E-state index in [0.717, 1.165) is 0 Å². The molecule has 0 saturated heterocycles. The summed E-state index contributed by atoms with van der Waals surface area (Å²) >= 11 is 0. The first-order valence-corrected chi connectivity index (χ1v) is 21.1. The van der Waals surface area contributed by atoms with E-state index in [2.05, 4.69) is 55.8 Å². The molecule has 0 spiro atoms. The normalized spacial score (nSPS) is 13.2. The van der Waals surface area contributed by atoms with E-state index in [0.29, 0.717) is 77.9 Å². The van der Waals surface area contributed by atoms with Gasteiger partial charge in [0.1, 0.15) is 12.1 Å². The summed E-state index contributed by atoms with van der Waals surface area (Å²) in [5.41, 5.74) is 7.15. The highest BCUT2D eigenvalue weighted by atomic mass is 14.7. The summed E-state index contributed by atoms with van der Waals surface area (Å²) < 4.78 is 0. The van der Waals surface area contributed by atoms with Crippen molar-refractivity contribution < 1.29 is 0 Å². The zero-order valence-electron chi connectivity index (χ0n) is 36.3. The van der Waals surface area contributed by atoms with Crippen LogP contribution in [0.15, 0.2) is 146 Å². The molecule has 314 valence electrons. The maximum absolute atomic E-state index is 11.8. The fourth-order valence-corrected chi connectivity index (χ4v) is 9.26. The summed E-state index contributed by atoms with van der Waals surface area (Å²) in [6, 6.07) is 53.8. The number of hydrogen-bond donors (Lipinski definition) is 0. The Balaban J connectivity index is 1.66. The molecule has 10 heteroatoms. The van der Waals surface area contributed by atoms with Gasteiger partial charge in [0, 0.05) is 5.56 Å². The van der Waals surface area contributed by atoms with E-state index in [9.17, 15) is 31.6 Å². The molecule has 0 unspecified atom stereocenters. The van der Waals surface area contributed by atoms with Crippen molar-refractivity contribution in [2.45, 2.75) is 0 Å². The van der Waals surface area contributed by atoms with E-state index in [4.69, 9.17) is 26.3 Å². The second-order valence-corrected chi connectivity index (χ2v) is 15.7. The van der Waals surface area contributed by atoms with Crippen LogP contribution < -0.4 is 0 Å². The Kier molecular flexibility index (Phi) is 11.3. The number of nitrogens with zero attached hydrogens (tertiary/aromatic N) is 10. The molecule has 70 heavy (non-hydrogen) atoms. The van der Waals surface area contributed by atoms with Crippen molar-refractivity contribution in [3.63, 3.8) is 0 Å². The molecule has 0 fully saturated rings. The fourth-order valence-electron chi connectivity index (χ4n) is 9.26. The lowest BCUT2D eigenvalue weighted by Crippen LogP contribution is -2.04. The van der Waals surface area contributed by atoms with Crippen LogP contribution in [0.2, 0.25) is 0 Å². The summed E-state index contributed by atoms with van der Waals surface area (Å²) in [6.07, 6.45) is 0. The molecule has 0 radical (unpaired) electrons. The molecular weight excluding hydrogens is 861 g/mol. The van der Waals surface area contributed by atoms with Crippen LogP contribution in [-0.2, 0) is 0 Å². The molecule has 10 nitrogen and oxygen atoms in total. The Morgan fingerprint density at radius 2 is 0.871 bits per heavy atom. The quantitative estimate of drug-likeness (QED) is 0.119. The predicted molar refractivity (Wildman–Crippen MR) is 266 cm³/mol. The van der Waals surface area contributed by atoms with Crippen LogP contribution in [0.25, 0.3) is 86.5 Å². The molecule has 7 aromatic carbocycles. The van der Waals surface area contributed by atoms with Crippen LogP contribution in [0, 0.1) is 94.3 Å². The van der Waals surface area contributed by atoms with Crippen molar-refractivity contribution in [1.29, 1.82) is 31.6 Å². The molecule has 0 bridgehead atoms. The number of hydrogen-bond acceptors (Lipinski definition) is 6. The van der Waals surface area contributed by atoms with Crippen LogP contribution in [0.5, 0.6) is 0 Å². The summed E-state index contributed by atoms with van der Waals surface area (Å²) in [5, 5.41) is 63.7. The van der Waals surface area contributed by atoms with Gasteiger partial charge in [-0.3, -0.25) is 0 Å². The van der Waals surface area contributed by atoms with Crippen LogP contribution in [0.1, 0.15) is 66.8 Å². The third-order valence-corrected chi connectivity index (χ3v) is 12.1. The van der Waals surface area contributed by atoms with Crippen molar-refractivity contribution in [1.82, 2.24) is 0 Å². The molecule has 0 heterocycles. The van der Waals surface area contributed by atoms with E-state index in [1.54, 1.807) is 84.9 Å². The van der Waals surface area contributed by atoms with E-state index in [-0.39, 0.29) is 67.3 Å². The molecule has 0 N–H and O–H groups in total. The van der Waals surface area contributed by atoms with Crippen LogP contribution in [0.4, 0.5) is 11.4 Å². The second kappa shape index (κ2) is 18.1. The Morgan fingerprint density at radius 1 is 0.386 bits per heavy atom. The molecule has 2 aliphatic carbocycles. The molecular formula is C60H24N10. The first-order valence-electron chi connectivity index (χ1n) is 21.1. The van der Waals surface area contributed by atoms with Crippen LogP contribution in [-0.4, -0.2) is 0 Å². The van der Waals surface area contributed by atoms with Gasteiger partial charge < -0.3 is 0 Å². The van der Waals surface area contributed by atoms with Crippen molar-refractivity contribution in [3.05, 3.63) is 258 Å². The summed E-state index contributed by atoms with van der Waals surface area (Å²) in [6.45, 7) is 34.0. The highest BCUT2D eigenvalue weighted by molar-refractivity contribution is 6.38. The number of fused-ring (bicyclic) bond motifs is 2. The van der Waals surface area contributed by atoms with Gasteiger partial charge in [-0.2, -0.15) is 31.6 Å². The first-order chi connectivity index (χ1) is 34.3. The minimum atomic E-state index is -0.00897. The Morgan fingerprint density at radius 3 is 1.31 bits per heavy atom. The van der Waals surface area contributed by atoms with Gasteiger partial charge >= 0.3 is 0 Å². The molecule has 0 saturated carbocycles. The Labute approximate surface area is 402 Å². The summed E-state index contributed by atoms with van der Waals surface area (Å²) in [7, 11) is 0. The van der Waals surface area contributed by atoms with Gasteiger partial charge in [0.2, 0.25) is 11.4 Å². The van der Waals surface area contributed by atoms with Crippen LogP contribution >= 0.6 is 0 Å². The smallest absolute Gasteiger partial charge is 0.203 e. The largest absolute Gasteiger partial charge is 0.239 e. The van der Waals surface area contributed by atoms with Gasteiger partial charge in [0.25, 0.3) is 0 Å². The van der Waals surface area contributed by atoms with E-state index >= 15 is 0 Å². The lowest BCUT2D eigenvalue weighted by molar-refractivity contribution is 1.43. The first kappa shape index (κ1) is 43.6. The second-order valence-electron chi connectivity index (χ2n) is 15.7. The predicted octanol–water partition coefficient (Wildman–Crippen LogP) is 14.1. The number of benzene rings is 7. The fraction of sp³-hybridized carbons (Fsp3) is 0. The van der Waals surface area contributed by atoms with Crippen molar-refractivity contribution in [3.8, 4) is 58.7 Å². The zero-order valence-corrected chi connectivity index (χ0v) is 36.3. The number of rotatable bonds is 6. The van der Waals surface area contributed by atoms with E-state index < -0.39 is 0 Å². The van der Waals surface area contributed by atoms with Crippen molar-refractivity contribution in [2.75, 3.05) is 0 Å². The number of nitriles is 6. The number of allylic oxidation sites excluding steroid dienone is 6. The van der Waals surface area contributed by atoms with Crippen molar-refractivity contribution >= 4 is 56.2 Å². The molecule has 0 atom stereocenters. The van der Waals surface area contributed by atoms with Gasteiger partial charge in [0.15, 0.2) is 11.4 Å². The molecule has 0 amide bonds. The zero-order chi connectivity index (χ0) is 49.1. The third kappa shape index (κ3) is 7.08. The minimum absolute atomic E-state index is 0.00897. The monoisotopic (exact) mass is 884 g/mol. The van der Waals surface area contributed by atoms with Crippen molar-refractivity contribution in [2.24, 2.45) is 0 Å². The lowest BCUT2D eigenvalue weighted by Gasteiger charge is -2.24. The van der Waals surface area contributed by atoms with Gasteiger partial charge in [0.05, 0.1) is 84.0 Å². The van der Waals surface area contributed by atoms with Gasteiger partial charge in [-0.05, 0) is 126 Å². The summed E-state index contributed by atoms with van der Waals surface area (Å²) in [4.78, 5) is 15.7. The highest BCUT2D eigenvalue weighted by Gasteiger charge is 2.44. The molecule has 0 aliphatic heterocycles. The van der Waals surface area contributed by atoms with Gasteiger partial charge in [-0.15, -0.1) is 0 Å². The molecule has 2 aliphatic rings. The van der Waals surface area contributed by atoms with Gasteiger partial charge in [-0.25, -0.2) is 19.4 Å². The Hall–Kier alpha value is -11.6. The van der Waals surface area contributed by atoms with Gasteiger partial charge in [-0.1, -0.05) is 103 Å².